The molecule has 1 aromatic carbocycles. The van der Waals surface area contributed by atoms with Crippen molar-refractivity contribution in [3.05, 3.63) is 30.3 Å². The molecule has 0 radical (unpaired) electrons. The van der Waals surface area contributed by atoms with Crippen molar-refractivity contribution in [1.29, 1.82) is 0 Å². The maximum absolute atomic E-state index is 11.9. The Morgan fingerprint density at radius 1 is 1.39 bits per heavy atom. The quantitative estimate of drug-likeness (QED) is 0.797. The second kappa shape index (κ2) is 6.40. The van der Waals surface area contributed by atoms with Gasteiger partial charge in [-0.25, -0.2) is 0 Å². The van der Waals surface area contributed by atoms with Gasteiger partial charge in [0.05, 0.1) is 19.1 Å². The Labute approximate surface area is 107 Å². The molecule has 0 saturated carbocycles. The van der Waals surface area contributed by atoms with Crippen molar-refractivity contribution in [2.75, 3.05) is 26.8 Å². The predicted molar refractivity (Wildman–Crippen MR) is 68.5 cm³/mol. The summed E-state index contributed by atoms with van der Waals surface area (Å²) in [5.74, 6) is 0.951. The van der Waals surface area contributed by atoms with E-state index < -0.39 is 0 Å². The standard InChI is InChI=1S/C14H19NO3/c1-17-13-7-9-15(11-13)14(16)8-10-18-12-5-3-2-4-6-12/h2-6,13H,7-11H2,1H3/t13-/m0/s1. The Balaban J connectivity index is 1.69. The smallest absolute Gasteiger partial charge is 0.226 e. The molecule has 2 rings (SSSR count). The number of ether oxygens (including phenoxy) is 2. The van der Waals surface area contributed by atoms with Gasteiger partial charge in [-0.05, 0) is 18.6 Å². The average molecular weight is 249 g/mol. The summed E-state index contributed by atoms with van der Waals surface area (Å²) in [5, 5.41) is 0. The molecule has 4 heteroatoms. The van der Waals surface area contributed by atoms with Crippen LogP contribution in [0.3, 0.4) is 0 Å². The van der Waals surface area contributed by atoms with E-state index >= 15 is 0 Å². The Bertz CT molecular complexity index is 380. The van der Waals surface area contributed by atoms with Crippen molar-refractivity contribution < 1.29 is 14.3 Å². The number of hydrogen-bond donors (Lipinski definition) is 0. The third-order valence-electron chi connectivity index (χ3n) is 3.16. The molecule has 1 aromatic rings. The molecule has 1 aliphatic heterocycles. The number of benzene rings is 1. The highest BCUT2D eigenvalue weighted by Crippen LogP contribution is 2.13. The zero-order valence-electron chi connectivity index (χ0n) is 10.7. The van der Waals surface area contributed by atoms with Gasteiger partial charge in [0.15, 0.2) is 0 Å². The van der Waals surface area contributed by atoms with Crippen LogP contribution in [0.5, 0.6) is 5.75 Å². The number of carbonyl (C=O) groups is 1. The summed E-state index contributed by atoms with van der Waals surface area (Å²) in [6.07, 6.45) is 1.55. The molecule has 1 aliphatic rings. The lowest BCUT2D eigenvalue weighted by Crippen LogP contribution is -2.30. The van der Waals surface area contributed by atoms with Gasteiger partial charge in [0.1, 0.15) is 5.75 Å². The molecule has 0 aliphatic carbocycles. The molecular weight excluding hydrogens is 230 g/mol. The molecule has 18 heavy (non-hydrogen) atoms. The molecule has 4 nitrogen and oxygen atoms in total. The fourth-order valence-electron chi connectivity index (χ4n) is 2.08. The van der Waals surface area contributed by atoms with Gasteiger partial charge < -0.3 is 14.4 Å². The number of methoxy groups -OCH3 is 1. The zero-order valence-corrected chi connectivity index (χ0v) is 10.7. The van der Waals surface area contributed by atoms with E-state index in [1.807, 2.05) is 35.2 Å². The Kier molecular flexibility index (Phi) is 4.59. The third-order valence-corrected chi connectivity index (χ3v) is 3.16. The lowest BCUT2D eigenvalue weighted by atomic mass is 10.3. The number of carbonyl (C=O) groups excluding carboxylic acids is 1. The van der Waals surface area contributed by atoms with E-state index in [1.165, 1.54) is 0 Å². The number of hydrogen-bond acceptors (Lipinski definition) is 3. The molecule has 1 saturated heterocycles. The van der Waals surface area contributed by atoms with Crippen molar-refractivity contribution in [3.63, 3.8) is 0 Å². The molecule has 0 bridgehead atoms. The summed E-state index contributed by atoms with van der Waals surface area (Å²) < 4.78 is 10.8. The first kappa shape index (κ1) is 12.9. The molecule has 1 heterocycles. The van der Waals surface area contributed by atoms with E-state index in [4.69, 9.17) is 9.47 Å². The minimum Gasteiger partial charge on any atom is -0.493 e. The fourth-order valence-corrected chi connectivity index (χ4v) is 2.08. The van der Waals surface area contributed by atoms with Crippen LogP contribution in [0.1, 0.15) is 12.8 Å². The number of amides is 1. The summed E-state index contributed by atoms with van der Waals surface area (Å²) in [6.45, 7) is 1.93. The number of nitrogens with zero attached hydrogens (tertiary/aromatic N) is 1. The molecule has 98 valence electrons. The van der Waals surface area contributed by atoms with Crippen LogP contribution in [0.4, 0.5) is 0 Å². The minimum absolute atomic E-state index is 0.144. The molecular formula is C14H19NO3. The summed E-state index contributed by atoms with van der Waals surface area (Å²) in [7, 11) is 1.69. The largest absolute Gasteiger partial charge is 0.493 e. The molecule has 1 fully saturated rings. The van der Waals surface area contributed by atoms with Gasteiger partial charge in [0, 0.05) is 20.2 Å². The minimum atomic E-state index is 0.144. The van der Waals surface area contributed by atoms with Crippen LogP contribution in [0.2, 0.25) is 0 Å². The van der Waals surface area contributed by atoms with Gasteiger partial charge in [0.25, 0.3) is 0 Å². The van der Waals surface area contributed by atoms with Crippen molar-refractivity contribution >= 4 is 5.91 Å². The normalized spacial score (nSPS) is 18.9. The second-order valence-electron chi connectivity index (χ2n) is 4.40. The summed E-state index contributed by atoms with van der Waals surface area (Å²) in [4.78, 5) is 13.7. The van der Waals surface area contributed by atoms with Gasteiger partial charge in [-0.1, -0.05) is 18.2 Å². The van der Waals surface area contributed by atoms with Crippen LogP contribution in [0.15, 0.2) is 30.3 Å². The van der Waals surface area contributed by atoms with Crippen LogP contribution in [0, 0.1) is 0 Å². The maximum atomic E-state index is 11.9. The molecule has 0 aromatic heterocycles. The SMILES string of the molecule is CO[C@H]1CCN(C(=O)CCOc2ccccc2)C1. The van der Waals surface area contributed by atoms with Crippen LogP contribution < -0.4 is 4.74 Å². The zero-order chi connectivity index (χ0) is 12.8. The Morgan fingerprint density at radius 3 is 2.83 bits per heavy atom. The number of para-hydroxylation sites is 1. The van der Waals surface area contributed by atoms with Crippen molar-refractivity contribution in [2.45, 2.75) is 18.9 Å². The molecule has 0 N–H and O–H groups in total. The monoisotopic (exact) mass is 249 g/mol. The number of rotatable bonds is 5. The lowest BCUT2D eigenvalue weighted by Gasteiger charge is -2.16. The van der Waals surface area contributed by atoms with Gasteiger partial charge in [0.2, 0.25) is 5.91 Å². The van der Waals surface area contributed by atoms with Crippen molar-refractivity contribution in [2.24, 2.45) is 0 Å². The van der Waals surface area contributed by atoms with Crippen LogP contribution in [-0.4, -0.2) is 43.7 Å². The molecule has 0 unspecified atom stereocenters. The molecule has 1 amide bonds. The van der Waals surface area contributed by atoms with E-state index in [0.29, 0.717) is 19.6 Å². The van der Waals surface area contributed by atoms with Gasteiger partial charge >= 0.3 is 0 Å². The van der Waals surface area contributed by atoms with Gasteiger partial charge in [-0.15, -0.1) is 0 Å². The van der Waals surface area contributed by atoms with E-state index in [0.717, 1.165) is 18.7 Å². The average Bonchev–Trinajstić information content (AvgIpc) is 2.89. The predicted octanol–water partition coefficient (Wildman–Crippen LogP) is 1.70. The first-order valence-electron chi connectivity index (χ1n) is 6.28. The summed E-state index contributed by atoms with van der Waals surface area (Å²) >= 11 is 0. The fraction of sp³-hybridized carbons (Fsp3) is 0.500. The van der Waals surface area contributed by atoms with Gasteiger partial charge in [-0.3, -0.25) is 4.79 Å². The van der Waals surface area contributed by atoms with Crippen molar-refractivity contribution in [1.82, 2.24) is 4.90 Å². The van der Waals surface area contributed by atoms with E-state index in [2.05, 4.69) is 0 Å². The Hall–Kier alpha value is -1.55. The highest BCUT2D eigenvalue weighted by atomic mass is 16.5. The van der Waals surface area contributed by atoms with Crippen LogP contribution in [0.25, 0.3) is 0 Å². The summed E-state index contributed by atoms with van der Waals surface area (Å²) in [6, 6.07) is 9.55. The number of likely N-dealkylation sites (tertiary alicyclic amines) is 1. The third kappa shape index (κ3) is 3.47. The first-order chi connectivity index (χ1) is 8.79. The van der Waals surface area contributed by atoms with E-state index in [-0.39, 0.29) is 12.0 Å². The van der Waals surface area contributed by atoms with Gasteiger partial charge in [-0.2, -0.15) is 0 Å². The van der Waals surface area contributed by atoms with Crippen molar-refractivity contribution in [3.8, 4) is 5.75 Å². The summed E-state index contributed by atoms with van der Waals surface area (Å²) in [5.41, 5.74) is 0. The molecule has 0 spiro atoms. The van der Waals surface area contributed by atoms with E-state index in [9.17, 15) is 4.79 Å². The lowest BCUT2D eigenvalue weighted by molar-refractivity contribution is -0.131. The maximum Gasteiger partial charge on any atom is 0.226 e. The molecule has 1 atom stereocenters. The van der Waals surface area contributed by atoms with E-state index in [1.54, 1.807) is 7.11 Å². The Morgan fingerprint density at radius 2 is 2.17 bits per heavy atom. The van der Waals surface area contributed by atoms with Crippen LogP contribution in [-0.2, 0) is 9.53 Å². The highest BCUT2D eigenvalue weighted by molar-refractivity contribution is 5.76. The highest BCUT2D eigenvalue weighted by Gasteiger charge is 2.25. The van der Waals surface area contributed by atoms with Crippen LogP contribution >= 0.6 is 0 Å². The first-order valence-corrected chi connectivity index (χ1v) is 6.28. The topological polar surface area (TPSA) is 38.8 Å². The second-order valence-corrected chi connectivity index (χ2v) is 4.40.